The van der Waals surface area contributed by atoms with Crippen LogP contribution in [-0.2, 0) is 19.4 Å². The van der Waals surface area contributed by atoms with Gasteiger partial charge in [-0.1, -0.05) is 29.3 Å². The molecule has 2 rings (SSSR count). The fourth-order valence-electron chi connectivity index (χ4n) is 2.12. The van der Waals surface area contributed by atoms with Crippen molar-refractivity contribution in [3.8, 4) is 5.75 Å². The van der Waals surface area contributed by atoms with Crippen LogP contribution in [0.4, 0.5) is 0 Å². The molecule has 0 heterocycles. The Bertz CT molecular complexity index is 814. The highest BCUT2D eigenvalue weighted by Gasteiger charge is 2.16. The molecule has 5 nitrogen and oxygen atoms in total. The predicted octanol–water partition coefficient (Wildman–Crippen LogP) is 3.82. The van der Waals surface area contributed by atoms with E-state index in [4.69, 9.17) is 21.1 Å². The van der Waals surface area contributed by atoms with Crippen molar-refractivity contribution in [2.45, 2.75) is 24.7 Å². The van der Waals surface area contributed by atoms with Crippen molar-refractivity contribution in [2.75, 3.05) is 19.0 Å². The molecule has 0 amide bonds. The number of hydrogen-bond donors (Lipinski definition) is 0. The minimum atomic E-state index is -3.48. The topological polar surface area (TPSA) is 69.7 Å². The van der Waals surface area contributed by atoms with E-state index in [1.54, 1.807) is 48.5 Å². The summed E-state index contributed by atoms with van der Waals surface area (Å²) >= 11 is 5.78. The molecule has 0 bridgehead atoms. The van der Waals surface area contributed by atoms with Crippen molar-refractivity contribution < 1.29 is 22.7 Å². The summed E-state index contributed by atoms with van der Waals surface area (Å²) < 4.78 is 34.9. The molecule has 140 valence electrons. The zero-order valence-corrected chi connectivity index (χ0v) is 16.1. The van der Waals surface area contributed by atoms with E-state index in [-0.39, 0.29) is 23.7 Å². The lowest BCUT2D eigenvalue weighted by atomic mass is 10.2. The Morgan fingerprint density at radius 3 is 2.31 bits per heavy atom. The van der Waals surface area contributed by atoms with E-state index < -0.39 is 15.8 Å². The molecule has 2 aromatic carbocycles. The number of carbonyl (C=O) groups is 1. The average Bonchev–Trinajstić information content (AvgIpc) is 2.62. The summed E-state index contributed by atoms with van der Waals surface area (Å²) in [5.41, 5.74) is 0.976. The molecule has 0 fully saturated rings. The maximum atomic E-state index is 12.2. The summed E-state index contributed by atoms with van der Waals surface area (Å²) in [6.45, 7) is 2.44. The van der Waals surface area contributed by atoms with Gasteiger partial charge in [-0.15, -0.1) is 0 Å². The van der Waals surface area contributed by atoms with Crippen molar-refractivity contribution in [1.82, 2.24) is 0 Å². The summed E-state index contributed by atoms with van der Waals surface area (Å²) in [5, 5.41) is 0.631. The molecule has 0 saturated carbocycles. The second-order valence-corrected chi connectivity index (χ2v) is 8.30. The highest BCUT2D eigenvalue weighted by molar-refractivity contribution is 7.91. The molecule has 0 N–H and O–H groups in total. The van der Waals surface area contributed by atoms with Crippen molar-refractivity contribution >= 4 is 27.4 Å². The molecular weight excluding hydrogens is 376 g/mol. The van der Waals surface area contributed by atoms with Gasteiger partial charge in [0, 0.05) is 11.4 Å². The van der Waals surface area contributed by atoms with Gasteiger partial charge in [-0.25, -0.2) is 8.42 Å². The predicted molar refractivity (Wildman–Crippen MR) is 100 cm³/mol. The van der Waals surface area contributed by atoms with Crippen molar-refractivity contribution in [1.29, 1.82) is 0 Å². The van der Waals surface area contributed by atoms with Crippen LogP contribution in [0.1, 0.15) is 18.4 Å². The molecule has 0 spiro atoms. The van der Waals surface area contributed by atoms with Crippen molar-refractivity contribution in [2.24, 2.45) is 0 Å². The van der Waals surface area contributed by atoms with Gasteiger partial charge in [-0.2, -0.15) is 0 Å². The second-order valence-electron chi connectivity index (χ2n) is 5.76. The first-order valence-corrected chi connectivity index (χ1v) is 10.2. The van der Waals surface area contributed by atoms with Gasteiger partial charge in [0.1, 0.15) is 5.75 Å². The fraction of sp³-hybridized carbons (Fsp3) is 0.316. The number of ether oxygens (including phenoxy) is 2. The van der Waals surface area contributed by atoms with E-state index >= 15 is 0 Å². The normalized spacial score (nSPS) is 11.2. The number of esters is 1. The van der Waals surface area contributed by atoms with Gasteiger partial charge in [0.05, 0.1) is 30.3 Å². The lowest BCUT2D eigenvalue weighted by Crippen LogP contribution is -2.15. The van der Waals surface area contributed by atoms with Crippen molar-refractivity contribution in [3.05, 3.63) is 59.1 Å². The van der Waals surface area contributed by atoms with E-state index in [1.165, 1.54) is 0 Å². The number of carbonyl (C=O) groups excluding carboxylic acids is 1. The minimum Gasteiger partial charge on any atom is -0.493 e. The Balaban J connectivity index is 1.65. The van der Waals surface area contributed by atoms with Crippen LogP contribution in [0, 0.1) is 6.92 Å². The number of aryl methyl sites for hydroxylation is 1. The van der Waals surface area contributed by atoms with E-state index in [0.29, 0.717) is 23.8 Å². The molecule has 26 heavy (non-hydrogen) atoms. The summed E-state index contributed by atoms with van der Waals surface area (Å²) in [6.07, 6.45) is 0.341. The molecule has 0 saturated heterocycles. The summed E-state index contributed by atoms with van der Waals surface area (Å²) in [6, 6.07) is 13.5. The molecular formula is C19H21ClO5S. The number of benzene rings is 2. The van der Waals surface area contributed by atoms with Crippen LogP contribution in [0.2, 0.25) is 5.02 Å². The van der Waals surface area contributed by atoms with Gasteiger partial charge in [-0.05, 0) is 43.3 Å². The van der Waals surface area contributed by atoms with E-state index in [2.05, 4.69) is 0 Å². The van der Waals surface area contributed by atoms with E-state index in [0.717, 1.165) is 5.56 Å². The molecule has 0 atom stereocenters. The maximum absolute atomic E-state index is 12.2. The molecule has 7 heteroatoms. The third kappa shape index (κ3) is 6.69. The van der Waals surface area contributed by atoms with Crippen LogP contribution in [-0.4, -0.2) is 33.4 Å². The van der Waals surface area contributed by atoms with E-state index in [9.17, 15) is 13.2 Å². The van der Waals surface area contributed by atoms with Gasteiger partial charge >= 0.3 is 5.97 Å². The van der Waals surface area contributed by atoms with Gasteiger partial charge in [0.15, 0.2) is 9.84 Å². The highest BCUT2D eigenvalue weighted by atomic mass is 35.5. The minimum absolute atomic E-state index is 0.172. The monoisotopic (exact) mass is 396 g/mol. The van der Waals surface area contributed by atoms with Crippen LogP contribution in [0.3, 0.4) is 0 Å². The first kappa shape index (κ1) is 20.3. The number of rotatable bonds is 9. The van der Waals surface area contributed by atoms with Gasteiger partial charge in [0.25, 0.3) is 0 Å². The molecule has 0 aliphatic heterocycles. The zero-order chi connectivity index (χ0) is 19.0. The zero-order valence-electron chi connectivity index (χ0n) is 14.5. The Morgan fingerprint density at radius 2 is 1.65 bits per heavy atom. The number of hydrogen-bond acceptors (Lipinski definition) is 5. The number of halogens is 1. The molecule has 0 aliphatic rings. The third-order valence-electron chi connectivity index (χ3n) is 3.59. The van der Waals surface area contributed by atoms with Gasteiger partial charge in [0.2, 0.25) is 0 Å². The highest BCUT2D eigenvalue weighted by Crippen LogP contribution is 2.16. The largest absolute Gasteiger partial charge is 0.493 e. The Kier molecular flexibility index (Phi) is 7.48. The molecule has 0 aliphatic carbocycles. The fourth-order valence-corrected chi connectivity index (χ4v) is 3.47. The summed E-state index contributed by atoms with van der Waals surface area (Å²) in [5.74, 6) is -0.118. The van der Waals surface area contributed by atoms with Gasteiger partial charge in [-0.3, -0.25) is 4.79 Å². The lowest BCUT2D eigenvalue weighted by Gasteiger charge is -2.08. The first-order valence-electron chi connectivity index (χ1n) is 8.20. The first-order chi connectivity index (χ1) is 12.4. The van der Waals surface area contributed by atoms with Gasteiger partial charge < -0.3 is 9.47 Å². The smallest absolute Gasteiger partial charge is 0.306 e. The van der Waals surface area contributed by atoms with Crippen LogP contribution >= 0.6 is 11.6 Å². The quantitative estimate of drug-likeness (QED) is 0.476. The van der Waals surface area contributed by atoms with E-state index in [1.807, 2.05) is 6.92 Å². The Hall–Kier alpha value is -2.05. The molecule has 0 aromatic heterocycles. The molecule has 0 radical (unpaired) electrons. The van der Waals surface area contributed by atoms with Crippen LogP contribution in [0.25, 0.3) is 0 Å². The Morgan fingerprint density at radius 1 is 1.00 bits per heavy atom. The maximum Gasteiger partial charge on any atom is 0.306 e. The second kappa shape index (κ2) is 9.59. The lowest BCUT2D eigenvalue weighted by molar-refractivity contribution is -0.143. The molecule has 2 aromatic rings. The molecule has 0 unspecified atom stereocenters. The third-order valence-corrected chi connectivity index (χ3v) is 5.57. The SMILES string of the molecule is Cc1ccc(S(=O)(=O)CCC(=O)OCCCOc2ccc(Cl)cc2)cc1. The Labute approximate surface area is 158 Å². The number of sulfone groups is 1. The van der Waals surface area contributed by atoms with Crippen LogP contribution in [0.15, 0.2) is 53.4 Å². The van der Waals surface area contributed by atoms with Crippen molar-refractivity contribution in [3.63, 3.8) is 0 Å². The van der Waals surface area contributed by atoms with Crippen LogP contribution in [0.5, 0.6) is 5.75 Å². The van der Waals surface area contributed by atoms with Crippen LogP contribution < -0.4 is 4.74 Å². The summed E-state index contributed by atoms with van der Waals surface area (Å²) in [7, 11) is -3.48. The average molecular weight is 397 g/mol. The summed E-state index contributed by atoms with van der Waals surface area (Å²) in [4.78, 5) is 11.9. The standard InChI is InChI=1S/C19H21ClO5S/c1-15-3-9-18(10-4-15)26(22,23)14-11-19(21)25-13-2-12-24-17-7-5-16(20)6-8-17/h3-10H,2,11-14H2,1H3.